The first-order valence-corrected chi connectivity index (χ1v) is 7.17. The molecule has 1 aliphatic heterocycles. The predicted molar refractivity (Wildman–Crippen MR) is 77.8 cm³/mol. The molecular weight excluding hydrogens is 220 g/mol. The Hall–Kier alpha value is -0.860. The quantitative estimate of drug-likeness (QED) is 0.884. The summed E-state index contributed by atoms with van der Waals surface area (Å²) in [6.45, 7) is 8.73. The maximum atomic E-state index is 5.61. The van der Waals surface area contributed by atoms with Gasteiger partial charge in [-0.05, 0) is 63.2 Å². The van der Waals surface area contributed by atoms with Crippen LogP contribution in [0.4, 0.5) is 0 Å². The molecule has 0 saturated carbocycles. The summed E-state index contributed by atoms with van der Waals surface area (Å²) in [5.41, 5.74) is 9.98. The Morgan fingerprint density at radius 3 is 2.56 bits per heavy atom. The Labute approximate surface area is 111 Å². The fourth-order valence-corrected chi connectivity index (χ4v) is 2.98. The van der Waals surface area contributed by atoms with Crippen LogP contribution in [0.1, 0.15) is 29.5 Å². The van der Waals surface area contributed by atoms with Crippen LogP contribution in [0.25, 0.3) is 0 Å². The lowest BCUT2D eigenvalue weighted by Crippen LogP contribution is -2.37. The second-order valence-electron chi connectivity index (χ2n) is 5.71. The van der Waals surface area contributed by atoms with Crippen LogP contribution >= 0.6 is 0 Å². The molecule has 0 unspecified atom stereocenters. The zero-order valence-electron chi connectivity index (χ0n) is 11.8. The summed E-state index contributed by atoms with van der Waals surface area (Å²) in [7, 11) is 0. The maximum Gasteiger partial charge on any atom is 0.0105 e. The molecule has 0 atom stereocenters. The summed E-state index contributed by atoms with van der Waals surface area (Å²) >= 11 is 0. The van der Waals surface area contributed by atoms with Gasteiger partial charge in [-0.2, -0.15) is 0 Å². The van der Waals surface area contributed by atoms with Gasteiger partial charge in [0.1, 0.15) is 0 Å². The van der Waals surface area contributed by atoms with E-state index < -0.39 is 0 Å². The molecule has 18 heavy (non-hydrogen) atoms. The third kappa shape index (κ3) is 3.56. The second kappa shape index (κ2) is 6.35. The van der Waals surface area contributed by atoms with Crippen molar-refractivity contribution in [3.63, 3.8) is 0 Å². The van der Waals surface area contributed by atoms with E-state index in [1.54, 1.807) is 0 Å². The van der Waals surface area contributed by atoms with Crippen LogP contribution in [-0.4, -0.2) is 31.1 Å². The van der Waals surface area contributed by atoms with Crippen molar-refractivity contribution in [3.8, 4) is 0 Å². The van der Waals surface area contributed by atoms with Gasteiger partial charge in [0.15, 0.2) is 0 Å². The predicted octanol–water partition coefficient (Wildman–Crippen LogP) is 2.52. The minimum atomic E-state index is 0.793. The first kappa shape index (κ1) is 13.6. The van der Waals surface area contributed by atoms with Crippen LogP contribution in [0.2, 0.25) is 0 Å². The van der Waals surface area contributed by atoms with Crippen molar-refractivity contribution in [1.29, 1.82) is 0 Å². The molecule has 0 bridgehead atoms. The average Bonchev–Trinajstić information content (AvgIpc) is 2.35. The number of piperidine rings is 1. The van der Waals surface area contributed by atoms with Crippen LogP contribution in [0.3, 0.4) is 0 Å². The van der Waals surface area contributed by atoms with Gasteiger partial charge in [0, 0.05) is 13.1 Å². The normalized spacial score (nSPS) is 18.2. The summed E-state index contributed by atoms with van der Waals surface area (Å²) in [6.07, 6.45) is 3.91. The van der Waals surface area contributed by atoms with Crippen molar-refractivity contribution in [3.05, 3.63) is 34.9 Å². The van der Waals surface area contributed by atoms with E-state index in [-0.39, 0.29) is 0 Å². The monoisotopic (exact) mass is 246 g/mol. The van der Waals surface area contributed by atoms with E-state index in [9.17, 15) is 0 Å². The van der Waals surface area contributed by atoms with Gasteiger partial charge in [-0.25, -0.2) is 0 Å². The smallest absolute Gasteiger partial charge is 0.0105 e. The highest BCUT2D eigenvalue weighted by molar-refractivity contribution is 5.30. The Bertz CT molecular complexity index is 379. The van der Waals surface area contributed by atoms with Gasteiger partial charge in [0.05, 0.1) is 0 Å². The van der Waals surface area contributed by atoms with Crippen LogP contribution in [0.15, 0.2) is 18.2 Å². The summed E-state index contributed by atoms with van der Waals surface area (Å²) < 4.78 is 0. The van der Waals surface area contributed by atoms with Crippen LogP contribution in [0, 0.1) is 19.8 Å². The molecule has 0 aliphatic carbocycles. The molecule has 1 heterocycles. The van der Waals surface area contributed by atoms with E-state index >= 15 is 0 Å². The van der Waals surface area contributed by atoms with Crippen molar-refractivity contribution >= 4 is 0 Å². The van der Waals surface area contributed by atoms with E-state index in [1.807, 2.05) is 0 Å². The molecule has 0 amide bonds. The lowest BCUT2D eigenvalue weighted by atomic mass is 9.88. The van der Waals surface area contributed by atoms with Gasteiger partial charge in [0.25, 0.3) is 0 Å². The van der Waals surface area contributed by atoms with Gasteiger partial charge < -0.3 is 10.6 Å². The van der Waals surface area contributed by atoms with E-state index in [1.165, 1.54) is 49.0 Å². The number of likely N-dealkylation sites (tertiary alicyclic amines) is 1. The van der Waals surface area contributed by atoms with Gasteiger partial charge in [-0.1, -0.05) is 23.8 Å². The van der Waals surface area contributed by atoms with Crippen LogP contribution in [-0.2, 0) is 6.42 Å². The number of hydrogen-bond acceptors (Lipinski definition) is 2. The third-order valence-electron chi connectivity index (χ3n) is 4.16. The van der Waals surface area contributed by atoms with Crippen molar-refractivity contribution in [2.45, 2.75) is 33.1 Å². The highest BCUT2D eigenvalue weighted by Gasteiger charge is 2.19. The number of nitrogens with two attached hydrogens (primary N) is 1. The second-order valence-corrected chi connectivity index (χ2v) is 5.71. The molecule has 1 aromatic carbocycles. The Morgan fingerprint density at radius 1 is 1.22 bits per heavy atom. The van der Waals surface area contributed by atoms with Crippen molar-refractivity contribution in [2.75, 3.05) is 26.2 Å². The Morgan fingerprint density at radius 2 is 1.94 bits per heavy atom. The summed E-state index contributed by atoms with van der Waals surface area (Å²) in [6, 6.07) is 6.86. The van der Waals surface area contributed by atoms with E-state index in [2.05, 4.69) is 36.9 Å². The van der Waals surface area contributed by atoms with Crippen LogP contribution < -0.4 is 5.73 Å². The topological polar surface area (TPSA) is 29.3 Å². The lowest BCUT2D eigenvalue weighted by Gasteiger charge is -2.31. The first-order valence-electron chi connectivity index (χ1n) is 7.17. The largest absolute Gasteiger partial charge is 0.329 e. The number of aryl methyl sites for hydroxylation is 2. The van der Waals surface area contributed by atoms with Crippen molar-refractivity contribution in [2.24, 2.45) is 11.7 Å². The minimum Gasteiger partial charge on any atom is -0.329 e. The fourth-order valence-electron chi connectivity index (χ4n) is 2.98. The molecule has 0 aromatic heterocycles. The molecule has 0 spiro atoms. The molecule has 1 saturated heterocycles. The Kier molecular flexibility index (Phi) is 4.79. The number of nitrogens with zero attached hydrogens (tertiary/aromatic N) is 1. The number of benzene rings is 1. The third-order valence-corrected chi connectivity index (χ3v) is 4.16. The molecule has 2 heteroatoms. The average molecular weight is 246 g/mol. The van der Waals surface area contributed by atoms with E-state index in [0.29, 0.717) is 0 Å². The minimum absolute atomic E-state index is 0.793. The standard InChI is InChI=1S/C16H26N2/c1-13-3-4-16(14(2)11-13)12-15-5-8-18(9-6-15)10-7-17/h3-4,11,15H,5-10,12,17H2,1-2H3. The molecule has 1 aliphatic rings. The summed E-state index contributed by atoms with van der Waals surface area (Å²) in [5.74, 6) is 0.862. The molecule has 1 fully saturated rings. The van der Waals surface area contributed by atoms with Crippen molar-refractivity contribution in [1.82, 2.24) is 4.90 Å². The summed E-state index contributed by atoms with van der Waals surface area (Å²) in [5, 5.41) is 0. The van der Waals surface area contributed by atoms with E-state index in [4.69, 9.17) is 5.73 Å². The highest BCUT2D eigenvalue weighted by atomic mass is 15.1. The molecule has 0 radical (unpaired) electrons. The van der Waals surface area contributed by atoms with Gasteiger partial charge in [-0.3, -0.25) is 0 Å². The van der Waals surface area contributed by atoms with Gasteiger partial charge in [0.2, 0.25) is 0 Å². The number of hydrogen-bond donors (Lipinski definition) is 1. The van der Waals surface area contributed by atoms with E-state index in [0.717, 1.165) is 19.0 Å². The molecule has 2 rings (SSSR count). The zero-order valence-corrected chi connectivity index (χ0v) is 11.8. The number of rotatable bonds is 4. The van der Waals surface area contributed by atoms with Gasteiger partial charge >= 0.3 is 0 Å². The van der Waals surface area contributed by atoms with Gasteiger partial charge in [-0.15, -0.1) is 0 Å². The highest BCUT2D eigenvalue weighted by Crippen LogP contribution is 2.23. The summed E-state index contributed by atoms with van der Waals surface area (Å²) in [4.78, 5) is 2.50. The molecular formula is C16H26N2. The molecule has 100 valence electrons. The van der Waals surface area contributed by atoms with Crippen molar-refractivity contribution < 1.29 is 0 Å². The molecule has 2 N–H and O–H groups in total. The fraction of sp³-hybridized carbons (Fsp3) is 0.625. The maximum absolute atomic E-state index is 5.61. The lowest BCUT2D eigenvalue weighted by molar-refractivity contribution is 0.188. The Balaban J connectivity index is 1.87. The first-order chi connectivity index (χ1) is 8.69. The zero-order chi connectivity index (χ0) is 13.0. The molecule has 2 nitrogen and oxygen atoms in total. The van der Waals surface area contributed by atoms with Crippen LogP contribution in [0.5, 0.6) is 0 Å². The SMILES string of the molecule is Cc1ccc(CC2CCN(CCN)CC2)c(C)c1. The molecule has 1 aromatic rings.